The molecule has 0 atom stereocenters. The standard InChI is InChI=1S/C18H20N2O7/c1-9-11-3-5-13(21)10(2)17(11)27-18(26)12(9)4-6-14(22)19-7-15(23)20-8-16(24)25/h3,5,21H,4,6-8H2,1-2H3,(H,19,22)(H,20,23)(H,24,25)/p-1. The number of nitrogens with one attached hydrogen (secondary N) is 2. The van der Waals surface area contributed by atoms with Crippen molar-refractivity contribution in [2.75, 3.05) is 13.1 Å². The van der Waals surface area contributed by atoms with Crippen molar-refractivity contribution in [3.8, 4) is 5.75 Å². The molecule has 0 saturated carbocycles. The molecule has 2 rings (SSSR count). The Kier molecular flexibility index (Phi) is 6.17. The molecule has 1 aromatic carbocycles. The van der Waals surface area contributed by atoms with E-state index < -0.39 is 30.0 Å². The summed E-state index contributed by atoms with van der Waals surface area (Å²) < 4.78 is 5.30. The Morgan fingerprint density at radius 1 is 1.07 bits per heavy atom. The number of carbonyl (C=O) groups excluding carboxylic acids is 3. The van der Waals surface area contributed by atoms with Crippen molar-refractivity contribution in [1.29, 1.82) is 0 Å². The van der Waals surface area contributed by atoms with E-state index >= 15 is 0 Å². The van der Waals surface area contributed by atoms with Crippen LogP contribution in [0.5, 0.6) is 5.75 Å². The number of hydrogen-bond donors (Lipinski definition) is 3. The molecule has 0 aliphatic carbocycles. The smallest absolute Gasteiger partial charge is 0.339 e. The zero-order valence-electron chi connectivity index (χ0n) is 14.9. The van der Waals surface area contributed by atoms with E-state index in [1.165, 1.54) is 6.07 Å². The van der Waals surface area contributed by atoms with Crippen LogP contribution in [0.25, 0.3) is 11.0 Å². The van der Waals surface area contributed by atoms with Crippen molar-refractivity contribution in [2.24, 2.45) is 0 Å². The first-order chi connectivity index (χ1) is 12.7. The van der Waals surface area contributed by atoms with Crippen LogP contribution in [0, 0.1) is 13.8 Å². The molecule has 3 N–H and O–H groups in total. The molecule has 1 aromatic heterocycles. The number of benzene rings is 1. The number of carboxylic acids is 1. The third-order valence-corrected chi connectivity index (χ3v) is 4.15. The molecular weight excluding hydrogens is 356 g/mol. The zero-order chi connectivity index (χ0) is 20.1. The molecule has 0 unspecified atom stereocenters. The van der Waals surface area contributed by atoms with Crippen molar-refractivity contribution < 1.29 is 29.0 Å². The van der Waals surface area contributed by atoms with Gasteiger partial charge in [0.25, 0.3) is 0 Å². The first-order valence-corrected chi connectivity index (χ1v) is 8.18. The van der Waals surface area contributed by atoms with E-state index in [4.69, 9.17) is 4.42 Å². The number of fused-ring (bicyclic) bond motifs is 1. The molecule has 9 heteroatoms. The summed E-state index contributed by atoms with van der Waals surface area (Å²) in [5.74, 6) is -2.55. The van der Waals surface area contributed by atoms with Crippen LogP contribution in [0.4, 0.5) is 0 Å². The van der Waals surface area contributed by atoms with Gasteiger partial charge in [-0.15, -0.1) is 0 Å². The Hall–Kier alpha value is -3.36. The summed E-state index contributed by atoms with van der Waals surface area (Å²) in [5.41, 5.74) is 1.16. The van der Waals surface area contributed by atoms with E-state index in [1.807, 2.05) is 0 Å². The zero-order valence-corrected chi connectivity index (χ0v) is 14.9. The van der Waals surface area contributed by atoms with Crippen LogP contribution in [-0.4, -0.2) is 36.0 Å². The molecule has 27 heavy (non-hydrogen) atoms. The Morgan fingerprint density at radius 3 is 2.41 bits per heavy atom. The highest BCUT2D eigenvalue weighted by molar-refractivity contribution is 5.87. The van der Waals surface area contributed by atoms with Gasteiger partial charge in [-0.05, 0) is 38.0 Å². The number of aryl methyl sites for hydroxylation is 2. The number of phenols is 1. The van der Waals surface area contributed by atoms with Gasteiger partial charge in [0, 0.05) is 22.9 Å². The van der Waals surface area contributed by atoms with Gasteiger partial charge in [0.15, 0.2) is 0 Å². The summed E-state index contributed by atoms with van der Waals surface area (Å²) >= 11 is 0. The number of aliphatic carboxylic acids is 1. The van der Waals surface area contributed by atoms with E-state index in [0.29, 0.717) is 27.7 Å². The van der Waals surface area contributed by atoms with Crippen LogP contribution in [0.15, 0.2) is 21.3 Å². The molecule has 0 fully saturated rings. The highest BCUT2D eigenvalue weighted by Crippen LogP contribution is 2.28. The van der Waals surface area contributed by atoms with Crippen molar-refractivity contribution in [3.63, 3.8) is 0 Å². The monoisotopic (exact) mass is 375 g/mol. The number of amides is 2. The van der Waals surface area contributed by atoms with Gasteiger partial charge >= 0.3 is 5.63 Å². The minimum Gasteiger partial charge on any atom is -0.548 e. The third kappa shape index (κ3) is 4.84. The summed E-state index contributed by atoms with van der Waals surface area (Å²) in [5, 5.41) is 25.0. The van der Waals surface area contributed by atoms with Gasteiger partial charge in [-0.1, -0.05) is 0 Å². The lowest BCUT2D eigenvalue weighted by molar-refractivity contribution is -0.304. The van der Waals surface area contributed by atoms with E-state index in [9.17, 15) is 29.4 Å². The fourth-order valence-electron chi connectivity index (χ4n) is 2.61. The maximum absolute atomic E-state index is 12.2. The molecule has 1 heterocycles. The van der Waals surface area contributed by atoms with Crippen molar-refractivity contribution >= 4 is 28.8 Å². The van der Waals surface area contributed by atoms with E-state index in [-0.39, 0.29) is 25.1 Å². The maximum Gasteiger partial charge on any atom is 0.339 e. The molecule has 9 nitrogen and oxygen atoms in total. The third-order valence-electron chi connectivity index (χ3n) is 4.15. The Labute approximate surface area is 154 Å². The lowest BCUT2D eigenvalue weighted by Crippen LogP contribution is -2.42. The summed E-state index contributed by atoms with van der Waals surface area (Å²) in [6, 6.07) is 3.15. The fraction of sp³-hybridized carbons (Fsp3) is 0.333. The summed E-state index contributed by atoms with van der Waals surface area (Å²) in [4.78, 5) is 45.7. The number of phenolic OH excluding ortho intramolecular Hbond substituents is 1. The maximum atomic E-state index is 12.2. The first kappa shape index (κ1) is 20.0. The van der Waals surface area contributed by atoms with Gasteiger partial charge in [0.2, 0.25) is 11.8 Å². The SMILES string of the molecule is Cc1c(CCC(=O)NCC(=O)NCC(=O)[O-])c(=O)oc2c(C)c(O)ccc12. The average molecular weight is 375 g/mol. The summed E-state index contributed by atoms with van der Waals surface area (Å²) in [6.45, 7) is 2.35. The molecule has 0 radical (unpaired) electrons. The normalized spacial score (nSPS) is 10.6. The molecule has 2 amide bonds. The van der Waals surface area contributed by atoms with Crippen molar-refractivity contribution in [2.45, 2.75) is 26.7 Å². The molecule has 0 aliphatic rings. The number of aromatic hydroxyl groups is 1. The molecule has 0 spiro atoms. The summed E-state index contributed by atoms with van der Waals surface area (Å²) in [7, 11) is 0. The van der Waals surface area contributed by atoms with Crippen LogP contribution in [0.1, 0.15) is 23.1 Å². The molecule has 0 bridgehead atoms. The molecule has 144 valence electrons. The van der Waals surface area contributed by atoms with Crippen LogP contribution in [-0.2, 0) is 20.8 Å². The van der Waals surface area contributed by atoms with Crippen LogP contribution < -0.4 is 21.4 Å². The van der Waals surface area contributed by atoms with Gasteiger partial charge in [0.05, 0.1) is 19.1 Å². The second-order valence-electron chi connectivity index (χ2n) is 6.00. The first-order valence-electron chi connectivity index (χ1n) is 8.18. The minimum atomic E-state index is -1.43. The lowest BCUT2D eigenvalue weighted by atomic mass is 10.0. The molecule has 0 saturated heterocycles. The number of rotatable bonds is 7. The van der Waals surface area contributed by atoms with Crippen LogP contribution >= 0.6 is 0 Å². The predicted molar refractivity (Wildman–Crippen MR) is 93.0 cm³/mol. The Morgan fingerprint density at radius 2 is 1.74 bits per heavy atom. The number of carboxylic acid groups (broad SMARTS) is 1. The second-order valence-corrected chi connectivity index (χ2v) is 6.00. The highest BCUT2D eigenvalue weighted by atomic mass is 16.4. The topological polar surface area (TPSA) is 149 Å². The number of hydrogen-bond acceptors (Lipinski definition) is 7. The molecule has 0 aliphatic heterocycles. The Balaban J connectivity index is 2.03. The highest BCUT2D eigenvalue weighted by Gasteiger charge is 2.15. The van der Waals surface area contributed by atoms with Gasteiger partial charge in [0.1, 0.15) is 11.3 Å². The lowest BCUT2D eigenvalue weighted by Gasteiger charge is -2.10. The van der Waals surface area contributed by atoms with Crippen molar-refractivity contribution in [1.82, 2.24) is 10.6 Å². The van der Waals surface area contributed by atoms with Gasteiger partial charge < -0.3 is 30.1 Å². The van der Waals surface area contributed by atoms with Crippen LogP contribution in [0.3, 0.4) is 0 Å². The second kappa shape index (κ2) is 8.35. The van der Waals surface area contributed by atoms with Gasteiger partial charge in [-0.3, -0.25) is 9.59 Å². The average Bonchev–Trinajstić information content (AvgIpc) is 2.61. The predicted octanol–water partition coefficient (Wildman–Crippen LogP) is -0.970. The molecule has 2 aromatic rings. The largest absolute Gasteiger partial charge is 0.548 e. The van der Waals surface area contributed by atoms with E-state index in [1.54, 1.807) is 19.9 Å². The summed E-state index contributed by atoms with van der Waals surface area (Å²) in [6.07, 6.45) is 0.0540. The Bertz CT molecular complexity index is 962. The van der Waals surface area contributed by atoms with Crippen molar-refractivity contribution in [3.05, 3.63) is 39.2 Å². The van der Waals surface area contributed by atoms with Crippen LogP contribution in [0.2, 0.25) is 0 Å². The minimum absolute atomic E-state index is 0.0223. The van der Waals surface area contributed by atoms with E-state index in [0.717, 1.165) is 0 Å². The van der Waals surface area contributed by atoms with E-state index in [2.05, 4.69) is 10.6 Å². The quantitative estimate of drug-likeness (QED) is 0.527. The fourth-order valence-corrected chi connectivity index (χ4v) is 2.61. The van der Waals surface area contributed by atoms with Gasteiger partial charge in [-0.25, -0.2) is 4.79 Å². The number of carbonyl (C=O) groups is 3. The molecular formula is C18H19N2O7-. The van der Waals surface area contributed by atoms with Gasteiger partial charge in [-0.2, -0.15) is 0 Å².